The fourth-order valence-corrected chi connectivity index (χ4v) is 6.83. The summed E-state index contributed by atoms with van der Waals surface area (Å²) in [6.45, 7) is 9.61. The van der Waals surface area contributed by atoms with Crippen LogP contribution in [0.5, 0.6) is 0 Å². The van der Waals surface area contributed by atoms with Crippen molar-refractivity contribution >= 4 is 23.6 Å². The molecule has 0 bridgehead atoms. The van der Waals surface area contributed by atoms with E-state index in [0.29, 0.717) is 19.6 Å². The maximum absolute atomic E-state index is 14.1. The molecule has 0 saturated carbocycles. The van der Waals surface area contributed by atoms with Crippen LogP contribution in [-0.2, 0) is 39.8 Å². The SMILES string of the molecule is CCCCN(C(=O)CNC(=O)C1(N)COC1)C(C(C)CC)C(CC(=O)N1CCCC1C(OC)C(C)C(=O)NCCc1ccccc1)OC. The molecule has 2 heterocycles. The second-order valence-electron chi connectivity index (χ2n) is 13.4. The van der Waals surface area contributed by atoms with Crippen LogP contribution in [0, 0.1) is 11.8 Å². The van der Waals surface area contributed by atoms with Crippen LogP contribution in [-0.4, -0.2) is 117 Å². The van der Waals surface area contributed by atoms with E-state index in [4.69, 9.17) is 19.9 Å². The maximum Gasteiger partial charge on any atom is 0.245 e. The van der Waals surface area contributed by atoms with Gasteiger partial charge in [-0.1, -0.05) is 70.9 Å². The lowest BCUT2D eigenvalue weighted by molar-refractivity contribution is -0.149. The van der Waals surface area contributed by atoms with Gasteiger partial charge in [-0.05, 0) is 37.2 Å². The summed E-state index contributed by atoms with van der Waals surface area (Å²) in [5, 5.41) is 5.74. The molecule has 12 nitrogen and oxygen atoms in total. The number of carbonyl (C=O) groups excluding carboxylic acids is 4. The third kappa shape index (κ3) is 10.2. The Morgan fingerprint density at radius 3 is 2.38 bits per heavy atom. The lowest BCUT2D eigenvalue weighted by Gasteiger charge is -2.41. The number of amides is 4. The van der Waals surface area contributed by atoms with Crippen LogP contribution in [0.2, 0.25) is 0 Å². The first-order valence-corrected chi connectivity index (χ1v) is 17.6. The van der Waals surface area contributed by atoms with Gasteiger partial charge < -0.3 is 40.4 Å². The van der Waals surface area contributed by atoms with Crippen molar-refractivity contribution in [3.05, 3.63) is 35.9 Å². The molecule has 0 spiro atoms. The van der Waals surface area contributed by atoms with Gasteiger partial charge in [0.25, 0.3) is 0 Å². The van der Waals surface area contributed by atoms with Crippen LogP contribution in [0.4, 0.5) is 0 Å². The summed E-state index contributed by atoms with van der Waals surface area (Å²) in [7, 11) is 3.17. The van der Waals surface area contributed by atoms with Crippen LogP contribution in [0.15, 0.2) is 30.3 Å². The molecule has 48 heavy (non-hydrogen) atoms. The molecule has 6 unspecified atom stereocenters. The number of methoxy groups -OCH3 is 2. The van der Waals surface area contributed by atoms with Crippen LogP contribution in [0.25, 0.3) is 0 Å². The molecular formula is C36H59N5O7. The average molecular weight is 674 g/mol. The molecule has 0 aromatic heterocycles. The van der Waals surface area contributed by atoms with Crippen molar-refractivity contribution in [3.8, 4) is 0 Å². The van der Waals surface area contributed by atoms with Gasteiger partial charge in [0.05, 0.1) is 56.4 Å². The second kappa shape index (κ2) is 19.2. The first-order chi connectivity index (χ1) is 23.0. The minimum Gasteiger partial charge on any atom is -0.379 e. The number of benzene rings is 1. The largest absolute Gasteiger partial charge is 0.379 e. The van der Waals surface area contributed by atoms with Crippen molar-refractivity contribution in [2.45, 2.75) is 102 Å². The minimum atomic E-state index is -1.11. The second-order valence-corrected chi connectivity index (χ2v) is 13.4. The molecule has 2 fully saturated rings. The van der Waals surface area contributed by atoms with E-state index in [-0.39, 0.29) is 55.9 Å². The quantitative estimate of drug-likeness (QED) is 0.191. The monoisotopic (exact) mass is 673 g/mol. The van der Waals surface area contributed by atoms with Gasteiger partial charge in [0.15, 0.2) is 0 Å². The van der Waals surface area contributed by atoms with Crippen molar-refractivity contribution in [2.24, 2.45) is 17.6 Å². The molecule has 1 aromatic carbocycles. The molecule has 12 heteroatoms. The molecule has 2 aliphatic heterocycles. The Morgan fingerprint density at radius 2 is 1.79 bits per heavy atom. The number of ether oxygens (including phenoxy) is 3. The summed E-state index contributed by atoms with van der Waals surface area (Å²) >= 11 is 0. The normalized spacial score (nSPS) is 20.1. The predicted molar refractivity (Wildman–Crippen MR) is 184 cm³/mol. The Labute approximate surface area is 286 Å². The van der Waals surface area contributed by atoms with E-state index < -0.39 is 35.6 Å². The Bertz CT molecular complexity index is 1180. The highest BCUT2D eigenvalue weighted by molar-refractivity contribution is 5.91. The number of nitrogens with zero attached hydrogens (tertiary/aromatic N) is 2. The van der Waals surface area contributed by atoms with Crippen LogP contribution < -0.4 is 16.4 Å². The molecule has 1 aromatic rings. The summed E-state index contributed by atoms with van der Waals surface area (Å²) in [5.74, 6) is -1.31. The highest BCUT2D eigenvalue weighted by Gasteiger charge is 2.44. The first kappa shape index (κ1) is 39.4. The van der Waals surface area contributed by atoms with E-state index >= 15 is 0 Å². The van der Waals surface area contributed by atoms with E-state index in [2.05, 4.69) is 31.4 Å². The number of carbonyl (C=O) groups is 4. The van der Waals surface area contributed by atoms with Crippen LogP contribution in [0.1, 0.15) is 71.8 Å². The molecule has 0 aliphatic carbocycles. The summed E-state index contributed by atoms with van der Waals surface area (Å²) < 4.78 is 17.0. The van der Waals surface area contributed by atoms with E-state index in [1.165, 1.54) is 0 Å². The Balaban J connectivity index is 1.70. The zero-order chi connectivity index (χ0) is 35.3. The highest BCUT2D eigenvalue weighted by atomic mass is 16.5. The number of nitrogens with two attached hydrogens (primary N) is 1. The number of hydrogen-bond acceptors (Lipinski definition) is 8. The molecule has 270 valence electrons. The lowest BCUT2D eigenvalue weighted by atomic mass is 9.89. The van der Waals surface area contributed by atoms with Gasteiger partial charge >= 0.3 is 0 Å². The van der Waals surface area contributed by atoms with Gasteiger partial charge in [-0.25, -0.2) is 0 Å². The third-order valence-electron chi connectivity index (χ3n) is 10.0. The Kier molecular flexibility index (Phi) is 15.8. The number of unbranched alkanes of at least 4 members (excludes halogenated alkanes) is 1. The Morgan fingerprint density at radius 1 is 1.08 bits per heavy atom. The van der Waals surface area contributed by atoms with Gasteiger partial charge in [0.1, 0.15) is 5.54 Å². The maximum atomic E-state index is 14.1. The minimum absolute atomic E-state index is 0.0147. The number of hydrogen-bond donors (Lipinski definition) is 3. The fourth-order valence-electron chi connectivity index (χ4n) is 6.83. The van der Waals surface area contributed by atoms with Gasteiger partial charge in [-0.3, -0.25) is 19.2 Å². The van der Waals surface area contributed by atoms with Crippen molar-refractivity contribution in [1.29, 1.82) is 0 Å². The molecule has 4 amide bonds. The van der Waals surface area contributed by atoms with Gasteiger partial charge in [-0.15, -0.1) is 0 Å². The number of likely N-dealkylation sites (tertiary alicyclic amines) is 1. The predicted octanol–water partition coefficient (Wildman–Crippen LogP) is 2.28. The summed E-state index contributed by atoms with van der Waals surface area (Å²) in [5.41, 5.74) is 6.11. The van der Waals surface area contributed by atoms with Gasteiger partial charge in [-0.2, -0.15) is 0 Å². The fraction of sp³-hybridized carbons (Fsp3) is 0.722. The molecule has 0 radical (unpaired) electrons. The smallest absolute Gasteiger partial charge is 0.245 e. The zero-order valence-electron chi connectivity index (χ0n) is 29.9. The standard InChI is InChI=1S/C36H59N5O7/c1-7-9-19-41(31(43)22-39-35(45)36(37)23-48-24-36)32(25(3)8-2)29(46-5)21-30(42)40-20-13-16-28(40)33(47-6)26(4)34(44)38-18-17-27-14-11-10-12-15-27/h10-12,14-15,25-26,28-29,32-33H,7-9,13,16-24,37H2,1-6H3,(H,38,44)(H,39,45). The van der Waals surface area contributed by atoms with Gasteiger partial charge in [0.2, 0.25) is 23.6 Å². The van der Waals surface area contributed by atoms with Crippen molar-refractivity contribution in [2.75, 3.05) is 53.6 Å². The van der Waals surface area contributed by atoms with Crippen molar-refractivity contribution in [1.82, 2.24) is 20.4 Å². The average Bonchev–Trinajstić information content (AvgIpc) is 3.57. The number of rotatable bonds is 20. The Hall–Kier alpha value is -3.06. The molecular weight excluding hydrogens is 614 g/mol. The molecule has 2 aliphatic rings. The lowest BCUT2D eigenvalue weighted by Crippen LogP contribution is -2.67. The molecule has 6 atom stereocenters. The summed E-state index contributed by atoms with van der Waals surface area (Å²) in [6, 6.07) is 9.34. The molecule has 3 rings (SSSR count). The van der Waals surface area contributed by atoms with Crippen molar-refractivity contribution in [3.63, 3.8) is 0 Å². The van der Waals surface area contributed by atoms with E-state index in [9.17, 15) is 19.2 Å². The van der Waals surface area contributed by atoms with E-state index in [0.717, 1.165) is 44.1 Å². The van der Waals surface area contributed by atoms with Crippen LogP contribution >= 0.6 is 0 Å². The van der Waals surface area contributed by atoms with Gasteiger partial charge in [0, 0.05) is 33.9 Å². The first-order valence-electron chi connectivity index (χ1n) is 17.6. The molecule has 4 N–H and O–H groups in total. The van der Waals surface area contributed by atoms with E-state index in [1.54, 1.807) is 19.1 Å². The third-order valence-corrected chi connectivity index (χ3v) is 10.0. The topological polar surface area (TPSA) is 153 Å². The summed E-state index contributed by atoms with van der Waals surface area (Å²) in [4.78, 5) is 57.2. The number of nitrogens with one attached hydrogen (secondary N) is 2. The van der Waals surface area contributed by atoms with Crippen molar-refractivity contribution < 1.29 is 33.4 Å². The van der Waals surface area contributed by atoms with Crippen LogP contribution in [0.3, 0.4) is 0 Å². The van der Waals surface area contributed by atoms with E-state index in [1.807, 2.05) is 42.2 Å². The summed E-state index contributed by atoms with van der Waals surface area (Å²) in [6.07, 6.45) is 3.68. The zero-order valence-corrected chi connectivity index (χ0v) is 29.9. The molecule has 2 saturated heterocycles. The highest BCUT2D eigenvalue weighted by Crippen LogP contribution is 2.29.